The Morgan fingerprint density at radius 3 is 2.88 bits per heavy atom. The van der Waals surface area contributed by atoms with Gasteiger partial charge in [-0.15, -0.1) is 0 Å². The Balaban J connectivity index is 2.02. The minimum Gasteiger partial charge on any atom is -0.481 e. The van der Waals surface area contributed by atoms with Crippen molar-refractivity contribution in [3.8, 4) is 0 Å². The first kappa shape index (κ1) is 12.2. The van der Waals surface area contributed by atoms with Gasteiger partial charge in [-0.2, -0.15) is 5.10 Å². The number of aromatic amines is 1. The van der Waals surface area contributed by atoms with Crippen molar-refractivity contribution >= 4 is 11.9 Å². The van der Waals surface area contributed by atoms with Gasteiger partial charge in [0.1, 0.15) is 12.2 Å². The standard InChI is InChI=1S/C9H14N4O3/c14-8(3-4-9(15)16)10-5-1-2-7-11-6-12-13-7/h6H,1-5H2,(H,10,14)(H,15,16)(H,11,12,13). The van der Waals surface area contributed by atoms with Crippen molar-refractivity contribution in [1.82, 2.24) is 20.5 Å². The van der Waals surface area contributed by atoms with Crippen LogP contribution < -0.4 is 5.32 Å². The van der Waals surface area contributed by atoms with Gasteiger partial charge in [0.2, 0.25) is 5.91 Å². The molecule has 1 amide bonds. The monoisotopic (exact) mass is 226 g/mol. The lowest BCUT2D eigenvalue weighted by Crippen LogP contribution is -2.25. The van der Waals surface area contributed by atoms with Crippen LogP contribution in [-0.4, -0.2) is 38.7 Å². The maximum absolute atomic E-state index is 11.1. The molecule has 1 aromatic rings. The second-order valence-electron chi connectivity index (χ2n) is 3.28. The SMILES string of the molecule is O=C(O)CCC(=O)NCCCc1ncn[nH]1. The Morgan fingerprint density at radius 2 is 2.25 bits per heavy atom. The Labute approximate surface area is 92.3 Å². The molecule has 0 aliphatic rings. The van der Waals surface area contributed by atoms with E-state index in [1.807, 2.05) is 0 Å². The minimum absolute atomic E-state index is 0.0254. The molecule has 0 bridgehead atoms. The van der Waals surface area contributed by atoms with Crippen LogP contribution >= 0.6 is 0 Å². The molecule has 1 heterocycles. The van der Waals surface area contributed by atoms with Crippen LogP contribution in [-0.2, 0) is 16.0 Å². The van der Waals surface area contributed by atoms with E-state index in [1.54, 1.807) is 0 Å². The van der Waals surface area contributed by atoms with Gasteiger partial charge in [0.15, 0.2) is 0 Å². The first-order valence-electron chi connectivity index (χ1n) is 5.01. The van der Waals surface area contributed by atoms with Crippen molar-refractivity contribution in [2.24, 2.45) is 0 Å². The van der Waals surface area contributed by atoms with Crippen LogP contribution in [0.25, 0.3) is 0 Å². The number of carbonyl (C=O) groups is 2. The molecular formula is C9H14N4O3. The lowest BCUT2D eigenvalue weighted by atomic mass is 10.2. The van der Waals surface area contributed by atoms with Crippen LogP contribution in [0.15, 0.2) is 6.33 Å². The van der Waals surface area contributed by atoms with Crippen molar-refractivity contribution in [2.45, 2.75) is 25.7 Å². The molecule has 7 heteroatoms. The number of amides is 1. The fourth-order valence-electron chi connectivity index (χ4n) is 1.14. The number of carbonyl (C=O) groups excluding carboxylic acids is 1. The summed E-state index contributed by atoms with van der Waals surface area (Å²) in [7, 11) is 0. The highest BCUT2D eigenvalue weighted by Gasteiger charge is 2.04. The fourth-order valence-corrected chi connectivity index (χ4v) is 1.14. The number of rotatable bonds is 7. The summed E-state index contributed by atoms with van der Waals surface area (Å²) < 4.78 is 0. The number of hydrogen-bond donors (Lipinski definition) is 3. The fraction of sp³-hybridized carbons (Fsp3) is 0.556. The number of carboxylic acids is 1. The molecule has 1 rings (SSSR count). The van der Waals surface area contributed by atoms with E-state index in [0.29, 0.717) is 13.0 Å². The summed E-state index contributed by atoms with van der Waals surface area (Å²) in [6, 6.07) is 0. The van der Waals surface area contributed by atoms with Crippen LogP contribution in [0.1, 0.15) is 25.1 Å². The summed E-state index contributed by atoms with van der Waals surface area (Å²) in [4.78, 5) is 25.2. The van der Waals surface area contributed by atoms with Gasteiger partial charge in [0, 0.05) is 19.4 Å². The Bertz CT molecular complexity index is 337. The third-order valence-electron chi connectivity index (χ3n) is 1.94. The molecule has 3 N–H and O–H groups in total. The van der Waals surface area contributed by atoms with E-state index in [-0.39, 0.29) is 18.7 Å². The van der Waals surface area contributed by atoms with Crippen LogP contribution in [0.2, 0.25) is 0 Å². The third-order valence-corrected chi connectivity index (χ3v) is 1.94. The van der Waals surface area contributed by atoms with Crippen molar-refractivity contribution in [1.29, 1.82) is 0 Å². The molecule has 0 aliphatic heterocycles. The molecule has 88 valence electrons. The second kappa shape index (κ2) is 6.54. The normalized spacial score (nSPS) is 10.0. The molecule has 0 radical (unpaired) electrons. The number of aryl methyl sites for hydroxylation is 1. The van der Waals surface area contributed by atoms with Gasteiger partial charge in [0.05, 0.1) is 6.42 Å². The van der Waals surface area contributed by atoms with Gasteiger partial charge in [-0.25, -0.2) is 4.98 Å². The largest absolute Gasteiger partial charge is 0.481 e. The summed E-state index contributed by atoms with van der Waals surface area (Å²) in [6.45, 7) is 0.513. The first-order chi connectivity index (χ1) is 7.68. The second-order valence-corrected chi connectivity index (χ2v) is 3.28. The molecule has 0 unspecified atom stereocenters. The molecule has 0 atom stereocenters. The zero-order chi connectivity index (χ0) is 11.8. The van der Waals surface area contributed by atoms with Crippen LogP contribution in [0.3, 0.4) is 0 Å². The molecular weight excluding hydrogens is 212 g/mol. The molecule has 1 aromatic heterocycles. The Kier molecular flexibility index (Phi) is 4.97. The summed E-state index contributed by atoms with van der Waals surface area (Å²) in [5, 5.41) is 17.4. The average molecular weight is 226 g/mol. The van der Waals surface area contributed by atoms with Crippen LogP contribution in [0, 0.1) is 0 Å². The van der Waals surface area contributed by atoms with Gasteiger partial charge in [-0.3, -0.25) is 14.7 Å². The van der Waals surface area contributed by atoms with E-state index < -0.39 is 5.97 Å². The number of carboxylic acid groups (broad SMARTS) is 1. The minimum atomic E-state index is -0.961. The molecule has 0 saturated heterocycles. The number of nitrogens with zero attached hydrogens (tertiary/aromatic N) is 2. The van der Waals surface area contributed by atoms with E-state index in [0.717, 1.165) is 12.2 Å². The third kappa shape index (κ3) is 5.08. The quantitative estimate of drug-likeness (QED) is 0.554. The number of aliphatic carboxylic acids is 1. The molecule has 0 saturated carbocycles. The van der Waals surface area contributed by atoms with Crippen molar-refractivity contribution in [3.05, 3.63) is 12.2 Å². The summed E-state index contributed by atoms with van der Waals surface area (Å²) in [5.74, 6) is -0.420. The van der Waals surface area contributed by atoms with Gasteiger partial charge < -0.3 is 10.4 Å². The number of aromatic nitrogens is 3. The van der Waals surface area contributed by atoms with E-state index in [9.17, 15) is 9.59 Å². The number of nitrogens with one attached hydrogen (secondary N) is 2. The molecule has 0 fully saturated rings. The van der Waals surface area contributed by atoms with Crippen molar-refractivity contribution in [3.63, 3.8) is 0 Å². The molecule has 0 spiro atoms. The molecule has 16 heavy (non-hydrogen) atoms. The zero-order valence-corrected chi connectivity index (χ0v) is 8.77. The van der Waals surface area contributed by atoms with E-state index in [1.165, 1.54) is 6.33 Å². The predicted octanol–water partition coefficient (Wildman–Crippen LogP) is -0.282. The lowest BCUT2D eigenvalue weighted by Gasteiger charge is -2.02. The average Bonchev–Trinajstić information content (AvgIpc) is 2.74. The summed E-state index contributed by atoms with van der Waals surface area (Å²) >= 11 is 0. The maximum atomic E-state index is 11.1. The van der Waals surface area contributed by atoms with Gasteiger partial charge in [0.25, 0.3) is 0 Å². The van der Waals surface area contributed by atoms with Crippen LogP contribution in [0.5, 0.6) is 0 Å². The highest BCUT2D eigenvalue weighted by molar-refractivity contribution is 5.80. The maximum Gasteiger partial charge on any atom is 0.303 e. The number of hydrogen-bond acceptors (Lipinski definition) is 4. The lowest BCUT2D eigenvalue weighted by molar-refractivity contribution is -0.138. The molecule has 0 aromatic carbocycles. The van der Waals surface area contributed by atoms with Gasteiger partial charge >= 0.3 is 5.97 Å². The Morgan fingerprint density at radius 1 is 1.44 bits per heavy atom. The number of H-pyrrole nitrogens is 1. The van der Waals surface area contributed by atoms with E-state index in [2.05, 4.69) is 20.5 Å². The van der Waals surface area contributed by atoms with Crippen molar-refractivity contribution in [2.75, 3.05) is 6.54 Å². The van der Waals surface area contributed by atoms with Crippen molar-refractivity contribution < 1.29 is 14.7 Å². The van der Waals surface area contributed by atoms with E-state index >= 15 is 0 Å². The predicted molar refractivity (Wildman–Crippen MR) is 54.6 cm³/mol. The highest BCUT2D eigenvalue weighted by atomic mass is 16.4. The summed E-state index contributed by atoms with van der Waals surface area (Å²) in [5.41, 5.74) is 0. The zero-order valence-electron chi connectivity index (χ0n) is 8.77. The first-order valence-corrected chi connectivity index (χ1v) is 5.01. The molecule has 7 nitrogen and oxygen atoms in total. The molecule has 0 aliphatic carbocycles. The summed E-state index contributed by atoms with van der Waals surface area (Å²) in [6.07, 6.45) is 2.78. The van der Waals surface area contributed by atoms with Crippen LogP contribution in [0.4, 0.5) is 0 Å². The highest BCUT2D eigenvalue weighted by Crippen LogP contribution is 1.93. The Hall–Kier alpha value is -1.92. The topological polar surface area (TPSA) is 108 Å². The smallest absolute Gasteiger partial charge is 0.303 e. The van der Waals surface area contributed by atoms with Gasteiger partial charge in [-0.1, -0.05) is 0 Å². The van der Waals surface area contributed by atoms with E-state index in [4.69, 9.17) is 5.11 Å². The van der Waals surface area contributed by atoms with Gasteiger partial charge in [-0.05, 0) is 6.42 Å².